The van der Waals surface area contributed by atoms with Crippen molar-refractivity contribution in [1.29, 1.82) is 5.26 Å². The van der Waals surface area contributed by atoms with Gasteiger partial charge < -0.3 is 4.18 Å². The molecule has 0 aliphatic heterocycles. The van der Waals surface area contributed by atoms with Gasteiger partial charge in [-0.05, 0) is 42.8 Å². The summed E-state index contributed by atoms with van der Waals surface area (Å²) in [6.07, 6.45) is 0. The number of benzene rings is 2. The Morgan fingerprint density at radius 2 is 1.90 bits per heavy atom. The highest BCUT2D eigenvalue weighted by Gasteiger charge is 2.19. The van der Waals surface area contributed by atoms with E-state index in [1.54, 1.807) is 12.1 Å². The quantitative estimate of drug-likeness (QED) is 0.815. The van der Waals surface area contributed by atoms with Crippen molar-refractivity contribution in [3.63, 3.8) is 0 Å². The molecule has 0 spiro atoms. The Morgan fingerprint density at radius 3 is 2.55 bits per heavy atom. The largest absolute Gasteiger partial charge is 0.378 e. The van der Waals surface area contributed by atoms with Crippen molar-refractivity contribution in [2.45, 2.75) is 11.8 Å². The van der Waals surface area contributed by atoms with Crippen LogP contribution in [-0.2, 0) is 10.1 Å². The lowest BCUT2D eigenvalue weighted by molar-refractivity contribution is 0.485. The molecule has 0 heterocycles. The summed E-state index contributed by atoms with van der Waals surface area (Å²) in [4.78, 5) is -0.163. The zero-order chi connectivity index (χ0) is 14.8. The zero-order valence-electron chi connectivity index (χ0n) is 10.5. The molecular formula is C14H10FNO3S. The third-order valence-electron chi connectivity index (χ3n) is 2.63. The predicted molar refractivity (Wildman–Crippen MR) is 70.1 cm³/mol. The van der Waals surface area contributed by atoms with Crippen molar-refractivity contribution in [3.8, 4) is 11.8 Å². The average molecular weight is 291 g/mol. The topological polar surface area (TPSA) is 67.2 Å². The maximum Gasteiger partial charge on any atom is 0.339 e. The molecule has 0 bridgehead atoms. The van der Waals surface area contributed by atoms with E-state index in [-0.39, 0.29) is 21.8 Å². The fourth-order valence-electron chi connectivity index (χ4n) is 1.57. The number of halogens is 1. The molecule has 0 aromatic heterocycles. The summed E-state index contributed by atoms with van der Waals surface area (Å²) in [5, 5.41) is 8.89. The standard InChI is InChI=1S/C14H10FNO3S/c1-10-8-12(6-7-13(10)15)20(17,18)19-14-5-3-2-4-11(14)9-16/h2-8H,1H3. The molecule has 0 fully saturated rings. The Hall–Kier alpha value is -2.39. The molecule has 0 atom stereocenters. The van der Waals surface area contributed by atoms with Crippen molar-refractivity contribution in [2.75, 3.05) is 0 Å². The van der Waals surface area contributed by atoms with Crippen LogP contribution in [0, 0.1) is 24.1 Å². The van der Waals surface area contributed by atoms with E-state index in [9.17, 15) is 12.8 Å². The molecule has 6 heteroatoms. The number of hydrogen-bond donors (Lipinski definition) is 0. The molecule has 0 saturated carbocycles. The molecule has 0 amide bonds. The third kappa shape index (κ3) is 2.78. The number of rotatable bonds is 3. The van der Waals surface area contributed by atoms with Gasteiger partial charge in [0.2, 0.25) is 0 Å². The lowest BCUT2D eigenvalue weighted by Gasteiger charge is -2.08. The molecule has 0 unspecified atom stereocenters. The molecule has 102 valence electrons. The normalized spacial score (nSPS) is 10.8. The molecule has 0 aliphatic rings. The first-order chi connectivity index (χ1) is 9.44. The number of hydrogen-bond acceptors (Lipinski definition) is 4. The Labute approximate surface area is 116 Å². The lowest BCUT2D eigenvalue weighted by Crippen LogP contribution is -2.11. The molecule has 4 nitrogen and oxygen atoms in total. The van der Waals surface area contributed by atoms with Gasteiger partial charge in [-0.1, -0.05) is 12.1 Å². The first-order valence-corrected chi connectivity index (χ1v) is 7.04. The lowest BCUT2D eigenvalue weighted by atomic mass is 10.2. The zero-order valence-corrected chi connectivity index (χ0v) is 11.3. The van der Waals surface area contributed by atoms with E-state index in [1.807, 2.05) is 6.07 Å². The summed E-state index contributed by atoms with van der Waals surface area (Å²) in [5.74, 6) is -0.557. The first kappa shape index (κ1) is 14.0. The highest BCUT2D eigenvalue weighted by atomic mass is 32.2. The monoisotopic (exact) mass is 291 g/mol. The molecule has 20 heavy (non-hydrogen) atoms. The van der Waals surface area contributed by atoms with Crippen LogP contribution in [0.25, 0.3) is 0 Å². The average Bonchev–Trinajstić information content (AvgIpc) is 2.42. The molecule has 2 rings (SSSR count). The van der Waals surface area contributed by atoms with E-state index >= 15 is 0 Å². The molecule has 2 aromatic carbocycles. The first-order valence-electron chi connectivity index (χ1n) is 5.64. The van der Waals surface area contributed by atoms with Gasteiger partial charge in [-0.25, -0.2) is 4.39 Å². The van der Waals surface area contributed by atoms with E-state index in [0.717, 1.165) is 12.1 Å². The SMILES string of the molecule is Cc1cc(S(=O)(=O)Oc2ccccc2C#N)ccc1F. The Kier molecular flexibility index (Phi) is 3.72. The van der Waals surface area contributed by atoms with Crippen LogP contribution >= 0.6 is 0 Å². The summed E-state index contributed by atoms with van der Waals surface area (Å²) in [6, 6.07) is 11.2. The van der Waals surface area contributed by atoms with E-state index < -0.39 is 15.9 Å². The van der Waals surface area contributed by atoms with Gasteiger partial charge in [0, 0.05) is 0 Å². The third-order valence-corrected chi connectivity index (χ3v) is 3.86. The smallest absolute Gasteiger partial charge is 0.339 e. The van der Waals surface area contributed by atoms with Crippen LogP contribution in [0.15, 0.2) is 47.4 Å². The minimum atomic E-state index is -4.10. The van der Waals surface area contributed by atoms with Gasteiger partial charge in [0.25, 0.3) is 0 Å². The maximum absolute atomic E-state index is 13.2. The summed E-state index contributed by atoms with van der Waals surface area (Å²) >= 11 is 0. The predicted octanol–water partition coefficient (Wildman–Crippen LogP) is 2.77. The molecule has 2 aromatic rings. The molecule has 0 saturated heterocycles. The van der Waals surface area contributed by atoms with E-state index in [2.05, 4.69) is 0 Å². The fraction of sp³-hybridized carbons (Fsp3) is 0.0714. The van der Waals surface area contributed by atoms with Crippen LogP contribution in [0.3, 0.4) is 0 Å². The Balaban J connectivity index is 2.41. The number of nitriles is 1. The minimum absolute atomic E-state index is 0.0584. The fourth-order valence-corrected chi connectivity index (χ4v) is 2.60. The van der Waals surface area contributed by atoms with E-state index in [4.69, 9.17) is 9.44 Å². The summed E-state index contributed by atoms with van der Waals surface area (Å²) in [7, 11) is -4.10. The van der Waals surface area contributed by atoms with Gasteiger partial charge in [0.05, 0.1) is 5.56 Å². The van der Waals surface area contributed by atoms with Gasteiger partial charge in [0.1, 0.15) is 16.8 Å². The van der Waals surface area contributed by atoms with E-state index in [1.165, 1.54) is 25.1 Å². The maximum atomic E-state index is 13.2. The van der Waals surface area contributed by atoms with Crippen LogP contribution in [0.2, 0.25) is 0 Å². The summed E-state index contributed by atoms with van der Waals surface area (Å²) < 4.78 is 42.2. The van der Waals surface area contributed by atoms with Crippen molar-refractivity contribution < 1.29 is 17.0 Å². The highest BCUT2D eigenvalue weighted by Crippen LogP contribution is 2.23. The Morgan fingerprint density at radius 1 is 1.20 bits per heavy atom. The molecular weight excluding hydrogens is 281 g/mol. The number of aryl methyl sites for hydroxylation is 1. The second kappa shape index (κ2) is 5.31. The van der Waals surface area contributed by atoms with Gasteiger partial charge in [-0.2, -0.15) is 13.7 Å². The second-order valence-electron chi connectivity index (χ2n) is 4.06. The van der Waals surface area contributed by atoms with Gasteiger partial charge in [0.15, 0.2) is 5.75 Å². The molecule has 0 N–H and O–H groups in total. The summed E-state index contributed by atoms with van der Waals surface area (Å²) in [5.41, 5.74) is 0.304. The highest BCUT2D eigenvalue weighted by molar-refractivity contribution is 7.87. The van der Waals surface area contributed by atoms with Crippen LogP contribution in [-0.4, -0.2) is 8.42 Å². The summed E-state index contributed by atoms with van der Waals surface area (Å²) in [6.45, 7) is 1.46. The second-order valence-corrected chi connectivity index (χ2v) is 5.60. The van der Waals surface area contributed by atoms with Gasteiger partial charge in [-0.3, -0.25) is 0 Å². The van der Waals surface area contributed by atoms with Gasteiger partial charge in [-0.15, -0.1) is 0 Å². The van der Waals surface area contributed by atoms with Crippen molar-refractivity contribution in [2.24, 2.45) is 0 Å². The molecule has 0 radical (unpaired) electrons. The van der Waals surface area contributed by atoms with Crippen LogP contribution in [0.4, 0.5) is 4.39 Å². The Bertz CT molecular complexity index is 794. The van der Waals surface area contributed by atoms with Gasteiger partial charge >= 0.3 is 10.1 Å². The van der Waals surface area contributed by atoms with Crippen LogP contribution in [0.5, 0.6) is 5.75 Å². The minimum Gasteiger partial charge on any atom is -0.378 e. The van der Waals surface area contributed by atoms with Crippen molar-refractivity contribution in [1.82, 2.24) is 0 Å². The van der Waals surface area contributed by atoms with E-state index in [0.29, 0.717) is 0 Å². The van der Waals surface area contributed by atoms with Crippen molar-refractivity contribution >= 4 is 10.1 Å². The van der Waals surface area contributed by atoms with Crippen LogP contribution in [0.1, 0.15) is 11.1 Å². The number of para-hydroxylation sites is 1. The molecule has 0 aliphatic carbocycles. The van der Waals surface area contributed by atoms with Crippen LogP contribution < -0.4 is 4.18 Å². The van der Waals surface area contributed by atoms with Crippen molar-refractivity contribution in [3.05, 3.63) is 59.4 Å². The number of nitrogens with zero attached hydrogens (tertiary/aromatic N) is 1.